The molecule has 0 aromatic carbocycles. The molecule has 1 fully saturated rings. The van der Waals surface area contributed by atoms with Gasteiger partial charge in [-0.15, -0.1) is 0 Å². The first-order valence-corrected chi connectivity index (χ1v) is 14.5. The smallest absolute Gasteiger partial charge is 0.329 e. The maximum atomic E-state index is 12.5. The number of carboxylic acids is 1. The molecule has 236 valence electrons. The second-order valence-corrected chi connectivity index (χ2v) is 10.2. The van der Waals surface area contributed by atoms with Crippen molar-refractivity contribution in [3.8, 4) is 0 Å². The normalized spacial score (nSPS) is 22.0. The molecule has 3 N–H and O–H groups in total. The molecule has 0 bridgehead atoms. The van der Waals surface area contributed by atoms with Gasteiger partial charge in [-0.1, -0.05) is 64.7 Å². The Hall–Kier alpha value is -2.77. The quantitative estimate of drug-likeness (QED) is 0.132. The number of nitrogens with one attached hydrogen (secondary N) is 2. The molecule has 1 saturated heterocycles. The van der Waals surface area contributed by atoms with Crippen molar-refractivity contribution in [1.82, 2.24) is 10.6 Å². The third-order valence-electron chi connectivity index (χ3n) is 6.40. The van der Waals surface area contributed by atoms with Crippen LogP contribution in [0.3, 0.4) is 0 Å². The highest BCUT2D eigenvalue weighted by Gasteiger charge is 2.50. The minimum absolute atomic E-state index is 0.377. The fourth-order valence-corrected chi connectivity index (χ4v) is 4.52. The molecule has 0 aliphatic carbocycles. The van der Waals surface area contributed by atoms with Crippen molar-refractivity contribution >= 4 is 29.7 Å². The lowest BCUT2D eigenvalue weighted by Crippen LogP contribution is -2.66. The number of hydrogen-bond acceptors (Lipinski definition) is 10. The average Bonchev–Trinajstić information content (AvgIpc) is 2.89. The Morgan fingerprint density at radius 3 is 1.93 bits per heavy atom. The fraction of sp³-hybridized carbons (Fsp3) is 0.821. The number of aliphatic carboxylic acids is 1. The minimum atomic E-state index is -1.31. The van der Waals surface area contributed by atoms with E-state index in [1.807, 2.05) is 0 Å². The number of unbranched alkanes of at least 4 members (excludes halogenated alkanes) is 9. The first kappa shape index (κ1) is 36.3. The molecule has 0 unspecified atom stereocenters. The van der Waals surface area contributed by atoms with E-state index < -0.39 is 73.6 Å². The van der Waals surface area contributed by atoms with E-state index in [1.165, 1.54) is 58.8 Å². The van der Waals surface area contributed by atoms with Crippen molar-refractivity contribution in [2.45, 2.75) is 123 Å². The molecule has 0 aromatic heterocycles. The van der Waals surface area contributed by atoms with Gasteiger partial charge < -0.3 is 39.4 Å². The van der Waals surface area contributed by atoms with Crippen LogP contribution in [0, 0.1) is 0 Å². The van der Waals surface area contributed by atoms with E-state index in [0.717, 1.165) is 26.2 Å². The highest BCUT2D eigenvalue weighted by molar-refractivity contribution is 5.77. The Kier molecular flexibility index (Phi) is 18.6. The van der Waals surface area contributed by atoms with Gasteiger partial charge in [0.2, 0.25) is 11.8 Å². The van der Waals surface area contributed by atoms with Crippen LogP contribution in [0.15, 0.2) is 0 Å². The molecule has 5 atom stereocenters. The van der Waals surface area contributed by atoms with Gasteiger partial charge in [0, 0.05) is 27.3 Å². The second kappa shape index (κ2) is 21.0. The molecule has 13 nitrogen and oxygen atoms in total. The van der Waals surface area contributed by atoms with Crippen molar-refractivity contribution in [1.29, 1.82) is 0 Å². The molecule has 2 amide bonds. The molecule has 0 radical (unpaired) electrons. The number of ether oxygens (including phenoxy) is 5. The van der Waals surface area contributed by atoms with Crippen LogP contribution in [0.5, 0.6) is 0 Å². The highest BCUT2D eigenvalue weighted by atomic mass is 16.7. The summed E-state index contributed by atoms with van der Waals surface area (Å²) in [5, 5.41) is 14.5. The third-order valence-corrected chi connectivity index (χ3v) is 6.40. The summed E-state index contributed by atoms with van der Waals surface area (Å²) in [6, 6.07) is -1.15. The lowest BCUT2D eigenvalue weighted by molar-refractivity contribution is -0.279. The van der Waals surface area contributed by atoms with Crippen LogP contribution in [-0.4, -0.2) is 91.8 Å². The maximum absolute atomic E-state index is 12.5. The van der Waals surface area contributed by atoms with Gasteiger partial charge in [0.15, 0.2) is 12.4 Å². The minimum Gasteiger partial charge on any atom is -0.480 e. The standard InChI is InChI=1S/C28H48N2O11/c1-5-6-7-8-9-10-11-12-13-14-15-29-23(34)17-39-28-25(30-19(2)31)27(38-18-24(35)36)26(40-21(4)33)22(41-28)16-37-20(3)32/h22,25-28H,5-18H2,1-4H3,(H,29,34)(H,30,31)(H,35,36)/t22-,25-,26-,27-,28+/m1/s1. The van der Waals surface area contributed by atoms with Crippen LogP contribution < -0.4 is 10.6 Å². The van der Waals surface area contributed by atoms with E-state index in [0.29, 0.717) is 6.54 Å². The molecular weight excluding hydrogens is 540 g/mol. The zero-order chi connectivity index (χ0) is 30.6. The van der Waals surface area contributed by atoms with Gasteiger partial charge in [-0.3, -0.25) is 19.2 Å². The Balaban J connectivity index is 2.73. The van der Waals surface area contributed by atoms with Gasteiger partial charge in [0.05, 0.1) is 0 Å². The molecular formula is C28H48N2O11. The lowest BCUT2D eigenvalue weighted by atomic mass is 9.96. The van der Waals surface area contributed by atoms with Crippen LogP contribution in [0.25, 0.3) is 0 Å². The highest BCUT2D eigenvalue weighted by Crippen LogP contribution is 2.28. The Morgan fingerprint density at radius 1 is 0.780 bits per heavy atom. The van der Waals surface area contributed by atoms with E-state index in [9.17, 15) is 24.0 Å². The van der Waals surface area contributed by atoms with Gasteiger partial charge in [-0.05, 0) is 6.42 Å². The van der Waals surface area contributed by atoms with E-state index in [4.69, 9.17) is 28.8 Å². The van der Waals surface area contributed by atoms with Crippen LogP contribution in [0.4, 0.5) is 0 Å². The van der Waals surface area contributed by atoms with Crippen LogP contribution >= 0.6 is 0 Å². The van der Waals surface area contributed by atoms with Gasteiger partial charge >= 0.3 is 17.9 Å². The van der Waals surface area contributed by atoms with Crippen molar-refractivity contribution < 1.29 is 52.8 Å². The predicted octanol–water partition coefficient (Wildman–Crippen LogP) is 2.23. The summed E-state index contributed by atoms with van der Waals surface area (Å²) in [7, 11) is 0. The SMILES string of the molecule is CCCCCCCCCCCCNC(=O)CO[C@H]1O[C@H](COC(C)=O)[C@@H](OC(C)=O)[C@H](OCC(=O)O)[C@H]1NC(C)=O. The summed E-state index contributed by atoms with van der Waals surface area (Å²) in [4.78, 5) is 58.9. The van der Waals surface area contributed by atoms with Gasteiger partial charge in [0.25, 0.3) is 0 Å². The second-order valence-electron chi connectivity index (χ2n) is 10.2. The first-order chi connectivity index (χ1) is 19.5. The number of rotatable bonds is 21. The van der Waals surface area contributed by atoms with Crippen molar-refractivity contribution in [2.24, 2.45) is 0 Å². The van der Waals surface area contributed by atoms with Crippen LogP contribution in [-0.2, 0) is 47.7 Å². The monoisotopic (exact) mass is 588 g/mol. The molecule has 1 rings (SSSR count). The Labute approximate surface area is 242 Å². The first-order valence-electron chi connectivity index (χ1n) is 14.5. The fourth-order valence-electron chi connectivity index (χ4n) is 4.52. The van der Waals surface area contributed by atoms with Gasteiger partial charge in [0.1, 0.15) is 38.1 Å². The lowest BCUT2D eigenvalue weighted by Gasteiger charge is -2.45. The summed E-state index contributed by atoms with van der Waals surface area (Å²) in [6.07, 6.45) is 6.80. The largest absolute Gasteiger partial charge is 0.480 e. The van der Waals surface area contributed by atoms with Crippen molar-refractivity contribution in [2.75, 3.05) is 26.4 Å². The molecule has 0 aromatic rings. The van der Waals surface area contributed by atoms with E-state index in [1.54, 1.807) is 0 Å². The molecule has 1 aliphatic rings. The Morgan fingerprint density at radius 2 is 1.39 bits per heavy atom. The van der Waals surface area contributed by atoms with Crippen LogP contribution in [0.1, 0.15) is 91.9 Å². The average molecular weight is 589 g/mol. The predicted molar refractivity (Wildman–Crippen MR) is 147 cm³/mol. The van der Waals surface area contributed by atoms with E-state index in [-0.39, 0.29) is 6.61 Å². The van der Waals surface area contributed by atoms with Crippen molar-refractivity contribution in [3.63, 3.8) is 0 Å². The molecule has 41 heavy (non-hydrogen) atoms. The zero-order valence-electron chi connectivity index (χ0n) is 24.8. The number of carbonyl (C=O) groups is 5. The zero-order valence-corrected chi connectivity index (χ0v) is 24.8. The van der Waals surface area contributed by atoms with Crippen LogP contribution in [0.2, 0.25) is 0 Å². The molecule has 1 aliphatic heterocycles. The number of carboxylic acid groups (broad SMARTS) is 1. The van der Waals surface area contributed by atoms with Crippen molar-refractivity contribution in [3.05, 3.63) is 0 Å². The Bertz CT molecular complexity index is 823. The molecule has 0 saturated carbocycles. The van der Waals surface area contributed by atoms with Gasteiger partial charge in [-0.25, -0.2) is 4.79 Å². The van der Waals surface area contributed by atoms with E-state index >= 15 is 0 Å². The summed E-state index contributed by atoms with van der Waals surface area (Å²) < 4.78 is 27.4. The topological polar surface area (TPSA) is 176 Å². The van der Waals surface area contributed by atoms with E-state index in [2.05, 4.69) is 17.6 Å². The number of carbonyl (C=O) groups excluding carboxylic acids is 4. The summed E-state index contributed by atoms with van der Waals surface area (Å²) in [5.74, 6) is -3.61. The van der Waals surface area contributed by atoms with Gasteiger partial charge in [-0.2, -0.15) is 0 Å². The molecule has 1 heterocycles. The summed E-state index contributed by atoms with van der Waals surface area (Å²) >= 11 is 0. The number of hydrogen-bond donors (Lipinski definition) is 3. The molecule has 13 heteroatoms. The molecule has 0 spiro atoms. The third kappa shape index (κ3) is 16.3. The number of esters is 2. The maximum Gasteiger partial charge on any atom is 0.329 e. The number of amides is 2. The summed E-state index contributed by atoms with van der Waals surface area (Å²) in [6.45, 7) is 4.62. The summed E-state index contributed by atoms with van der Waals surface area (Å²) in [5.41, 5.74) is 0.